The molecular formula is C19H35N3O2. The summed E-state index contributed by atoms with van der Waals surface area (Å²) in [6.07, 6.45) is 11.7. The predicted molar refractivity (Wildman–Crippen MR) is 96.6 cm³/mol. The van der Waals surface area contributed by atoms with Crippen LogP contribution in [-0.4, -0.2) is 38.0 Å². The second-order valence-corrected chi connectivity index (χ2v) is 7.57. The summed E-state index contributed by atoms with van der Waals surface area (Å²) in [5.74, 6) is 1.14. The zero-order chi connectivity index (χ0) is 17.2. The minimum atomic E-state index is 0.131. The minimum Gasteiger partial charge on any atom is -0.356 e. The first kappa shape index (κ1) is 19.2. The van der Waals surface area contributed by atoms with Crippen molar-refractivity contribution in [2.45, 2.75) is 76.7 Å². The predicted octanol–water partition coefficient (Wildman–Crippen LogP) is 2.36. The Kier molecular flexibility index (Phi) is 8.57. The van der Waals surface area contributed by atoms with Gasteiger partial charge in [-0.1, -0.05) is 19.3 Å². The highest BCUT2D eigenvalue weighted by Crippen LogP contribution is 2.27. The maximum atomic E-state index is 12.2. The van der Waals surface area contributed by atoms with Crippen molar-refractivity contribution in [1.82, 2.24) is 16.0 Å². The van der Waals surface area contributed by atoms with E-state index in [1.54, 1.807) is 0 Å². The van der Waals surface area contributed by atoms with Gasteiger partial charge in [-0.15, -0.1) is 0 Å². The van der Waals surface area contributed by atoms with Crippen LogP contribution < -0.4 is 16.0 Å². The number of nitrogens with one attached hydrogen (secondary N) is 3. The van der Waals surface area contributed by atoms with Crippen LogP contribution in [0.5, 0.6) is 0 Å². The monoisotopic (exact) mass is 337 g/mol. The fourth-order valence-corrected chi connectivity index (χ4v) is 4.06. The fourth-order valence-electron chi connectivity index (χ4n) is 4.06. The van der Waals surface area contributed by atoms with Crippen molar-refractivity contribution in [2.75, 3.05) is 20.1 Å². The van der Waals surface area contributed by atoms with Gasteiger partial charge in [0.1, 0.15) is 0 Å². The highest BCUT2D eigenvalue weighted by molar-refractivity contribution is 5.79. The van der Waals surface area contributed by atoms with Crippen LogP contribution in [0.4, 0.5) is 0 Å². The van der Waals surface area contributed by atoms with E-state index in [0.29, 0.717) is 12.3 Å². The Balaban J connectivity index is 1.59. The van der Waals surface area contributed by atoms with Crippen molar-refractivity contribution < 1.29 is 9.59 Å². The van der Waals surface area contributed by atoms with Crippen LogP contribution in [0.2, 0.25) is 0 Å². The third kappa shape index (κ3) is 6.80. The summed E-state index contributed by atoms with van der Waals surface area (Å²) >= 11 is 0. The SMILES string of the molecule is CNCCCNC(=O)C1CCC(NC(=O)CC2CCCCC2)CC1. The van der Waals surface area contributed by atoms with E-state index in [0.717, 1.165) is 45.2 Å². The van der Waals surface area contributed by atoms with E-state index in [2.05, 4.69) is 16.0 Å². The molecule has 2 amide bonds. The molecule has 5 heteroatoms. The normalized spacial score (nSPS) is 25.2. The molecule has 2 fully saturated rings. The molecule has 0 heterocycles. The molecule has 24 heavy (non-hydrogen) atoms. The Labute approximate surface area is 146 Å². The average molecular weight is 338 g/mol. The highest BCUT2D eigenvalue weighted by atomic mass is 16.2. The molecule has 138 valence electrons. The second kappa shape index (κ2) is 10.7. The van der Waals surface area contributed by atoms with Gasteiger partial charge in [-0.3, -0.25) is 9.59 Å². The minimum absolute atomic E-state index is 0.131. The summed E-state index contributed by atoms with van der Waals surface area (Å²) in [6.45, 7) is 1.68. The van der Waals surface area contributed by atoms with Gasteiger partial charge in [0.05, 0.1) is 0 Å². The molecule has 5 nitrogen and oxygen atoms in total. The lowest BCUT2D eigenvalue weighted by molar-refractivity contribution is -0.126. The third-order valence-corrected chi connectivity index (χ3v) is 5.56. The molecule has 2 aliphatic carbocycles. The van der Waals surface area contributed by atoms with Crippen LogP contribution >= 0.6 is 0 Å². The molecule has 0 saturated heterocycles. The molecule has 0 atom stereocenters. The van der Waals surface area contributed by atoms with Crippen LogP contribution in [-0.2, 0) is 9.59 Å². The van der Waals surface area contributed by atoms with Gasteiger partial charge in [-0.2, -0.15) is 0 Å². The van der Waals surface area contributed by atoms with Gasteiger partial charge in [0, 0.05) is 24.9 Å². The molecule has 2 saturated carbocycles. The maximum absolute atomic E-state index is 12.2. The fraction of sp³-hybridized carbons (Fsp3) is 0.895. The van der Waals surface area contributed by atoms with Gasteiger partial charge in [0.25, 0.3) is 0 Å². The third-order valence-electron chi connectivity index (χ3n) is 5.56. The number of carbonyl (C=O) groups is 2. The summed E-state index contributed by atoms with van der Waals surface area (Å²) in [6, 6.07) is 0.273. The van der Waals surface area contributed by atoms with Gasteiger partial charge >= 0.3 is 0 Å². The van der Waals surface area contributed by atoms with E-state index in [-0.39, 0.29) is 23.8 Å². The number of carbonyl (C=O) groups excluding carboxylic acids is 2. The molecule has 0 aliphatic heterocycles. The van der Waals surface area contributed by atoms with Crippen LogP contribution in [0.25, 0.3) is 0 Å². The van der Waals surface area contributed by atoms with Crippen molar-refractivity contribution in [2.24, 2.45) is 11.8 Å². The Bertz CT molecular complexity index is 386. The number of amides is 2. The molecular weight excluding hydrogens is 302 g/mol. The summed E-state index contributed by atoms with van der Waals surface area (Å²) < 4.78 is 0. The average Bonchev–Trinajstić information content (AvgIpc) is 2.60. The first-order chi connectivity index (χ1) is 11.7. The lowest BCUT2D eigenvalue weighted by atomic mass is 9.84. The Morgan fingerprint density at radius 1 is 0.917 bits per heavy atom. The van der Waals surface area contributed by atoms with E-state index in [1.807, 2.05) is 7.05 Å². The molecule has 2 rings (SSSR count). The molecule has 0 aromatic carbocycles. The number of hydrogen-bond donors (Lipinski definition) is 3. The lowest BCUT2D eigenvalue weighted by Crippen LogP contribution is -2.41. The van der Waals surface area contributed by atoms with Crippen molar-refractivity contribution in [1.29, 1.82) is 0 Å². The zero-order valence-electron chi connectivity index (χ0n) is 15.2. The van der Waals surface area contributed by atoms with Crippen molar-refractivity contribution in [3.63, 3.8) is 0 Å². The molecule has 0 spiro atoms. The van der Waals surface area contributed by atoms with Gasteiger partial charge in [-0.25, -0.2) is 0 Å². The zero-order valence-corrected chi connectivity index (χ0v) is 15.2. The first-order valence-corrected chi connectivity index (χ1v) is 9.90. The Morgan fingerprint density at radius 3 is 2.29 bits per heavy atom. The molecule has 0 unspecified atom stereocenters. The topological polar surface area (TPSA) is 70.2 Å². The van der Waals surface area contributed by atoms with Crippen LogP contribution in [0.15, 0.2) is 0 Å². The standard InChI is InChI=1S/C19H35N3O2/c1-20-12-5-13-21-19(24)16-8-10-17(11-9-16)22-18(23)14-15-6-3-2-4-7-15/h15-17,20H,2-14H2,1H3,(H,21,24)(H,22,23). The van der Waals surface area contributed by atoms with E-state index in [4.69, 9.17) is 0 Å². The van der Waals surface area contributed by atoms with E-state index in [9.17, 15) is 9.59 Å². The molecule has 3 N–H and O–H groups in total. The van der Waals surface area contributed by atoms with Crippen LogP contribution in [0.1, 0.15) is 70.6 Å². The highest BCUT2D eigenvalue weighted by Gasteiger charge is 2.27. The summed E-state index contributed by atoms with van der Waals surface area (Å²) in [7, 11) is 1.92. The van der Waals surface area contributed by atoms with Gasteiger partial charge in [0.2, 0.25) is 11.8 Å². The molecule has 0 radical (unpaired) electrons. The van der Waals surface area contributed by atoms with Gasteiger partial charge < -0.3 is 16.0 Å². The van der Waals surface area contributed by atoms with Crippen molar-refractivity contribution in [3.05, 3.63) is 0 Å². The smallest absolute Gasteiger partial charge is 0.223 e. The van der Waals surface area contributed by atoms with Crippen LogP contribution in [0, 0.1) is 11.8 Å². The van der Waals surface area contributed by atoms with Crippen LogP contribution in [0.3, 0.4) is 0 Å². The van der Waals surface area contributed by atoms with E-state index < -0.39 is 0 Å². The summed E-state index contributed by atoms with van der Waals surface area (Å²) in [5, 5.41) is 9.32. The molecule has 0 bridgehead atoms. The number of rotatable bonds is 8. The van der Waals surface area contributed by atoms with Crippen molar-refractivity contribution in [3.8, 4) is 0 Å². The Hall–Kier alpha value is -1.10. The van der Waals surface area contributed by atoms with E-state index in [1.165, 1.54) is 32.1 Å². The Morgan fingerprint density at radius 2 is 1.62 bits per heavy atom. The molecule has 2 aliphatic rings. The number of hydrogen-bond acceptors (Lipinski definition) is 3. The van der Waals surface area contributed by atoms with Gasteiger partial charge in [-0.05, 0) is 64.5 Å². The summed E-state index contributed by atoms with van der Waals surface area (Å²) in [5.41, 5.74) is 0. The summed E-state index contributed by atoms with van der Waals surface area (Å²) in [4.78, 5) is 24.3. The maximum Gasteiger partial charge on any atom is 0.223 e. The first-order valence-electron chi connectivity index (χ1n) is 9.90. The quantitative estimate of drug-likeness (QED) is 0.596. The second-order valence-electron chi connectivity index (χ2n) is 7.57. The van der Waals surface area contributed by atoms with Gasteiger partial charge in [0.15, 0.2) is 0 Å². The lowest BCUT2D eigenvalue weighted by Gasteiger charge is -2.29. The van der Waals surface area contributed by atoms with E-state index >= 15 is 0 Å². The van der Waals surface area contributed by atoms with Crippen molar-refractivity contribution >= 4 is 11.8 Å². The molecule has 0 aromatic rings. The largest absolute Gasteiger partial charge is 0.356 e. The molecule has 0 aromatic heterocycles.